The molecule has 0 fully saturated rings. The number of hydrogen-bond donors (Lipinski definition) is 2. The fourth-order valence-corrected chi connectivity index (χ4v) is 3.68. The molecule has 3 aromatic carbocycles. The van der Waals surface area contributed by atoms with Gasteiger partial charge in [-0.05, 0) is 71.5 Å². The first kappa shape index (κ1) is 28.4. The Labute approximate surface area is 223 Å². The van der Waals surface area contributed by atoms with Gasteiger partial charge >= 0.3 is 11.9 Å². The van der Waals surface area contributed by atoms with Crippen molar-refractivity contribution in [1.82, 2.24) is 5.32 Å². The van der Waals surface area contributed by atoms with Crippen molar-refractivity contribution in [3.8, 4) is 11.5 Å². The number of esters is 1. The lowest BCUT2D eigenvalue weighted by molar-refractivity contribution is -0.139. The van der Waals surface area contributed by atoms with E-state index in [1.54, 1.807) is 60.7 Å². The highest BCUT2D eigenvalue weighted by atomic mass is 16.5. The van der Waals surface area contributed by atoms with Crippen LogP contribution < -0.4 is 14.8 Å². The number of hydrogen-bond acceptors (Lipinski definition) is 5. The molecule has 0 spiro atoms. The molecule has 7 nitrogen and oxygen atoms in total. The van der Waals surface area contributed by atoms with Gasteiger partial charge in [-0.25, -0.2) is 9.59 Å². The minimum Gasteiger partial charge on any atom is -0.494 e. The Kier molecular flexibility index (Phi) is 9.66. The Hall–Kier alpha value is -4.13. The van der Waals surface area contributed by atoms with Gasteiger partial charge in [0.15, 0.2) is 0 Å². The summed E-state index contributed by atoms with van der Waals surface area (Å²) in [4.78, 5) is 37.0. The molecule has 2 N–H and O–H groups in total. The van der Waals surface area contributed by atoms with E-state index in [1.807, 2.05) is 12.1 Å². The Morgan fingerprint density at radius 3 is 1.97 bits per heavy atom. The molecule has 1 amide bonds. The highest BCUT2D eigenvalue weighted by molar-refractivity contribution is 5.96. The van der Waals surface area contributed by atoms with Crippen LogP contribution >= 0.6 is 0 Å². The normalized spacial score (nSPS) is 11.9. The van der Waals surface area contributed by atoms with Crippen molar-refractivity contribution in [1.29, 1.82) is 0 Å². The summed E-state index contributed by atoms with van der Waals surface area (Å²) < 4.78 is 11.0. The average molecular weight is 518 g/mol. The molecule has 0 aliphatic carbocycles. The van der Waals surface area contributed by atoms with E-state index in [4.69, 9.17) is 9.47 Å². The maximum absolute atomic E-state index is 12.7. The summed E-state index contributed by atoms with van der Waals surface area (Å²) in [5.41, 5.74) is 2.49. The molecule has 38 heavy (non-hydrogen) atoms. The lowest BCUT2D eigenvalue weighted by Gasteiger charge is -2.19. The summed E-state index contributed by atoms with van der Waals surface area (Å²) >= 11 is 0. The minimum absolute atomic E-state index is 0.0490. The van der Waals surface area contributed by atoms with Crippen LogP contribution in [0.5, 0.6) is 11.5 Å². The van der Waals surface area contributed by atoms with E-state index in [0.29, 0.717) is 34.8 Å². The fraction of sp³-hybridized carbons (Fsp3) is 0.323. The van der Waals surface area contributed by atoms with Crippen LogP contribution in [0.25, 0.3) is 0 Å². The number of unbranched alkanes of at least 4 members (excludes halogenated alkanes) is 1. The summed E-state index contributed by atoms with van der Waals surface area (Å²) in [5.74, 6) is -1.07. The molecule has 0 radical (unpaired) electrons. The number of carboxylic acid groups (broad SMARTS) is 1. The zero-order chi connectivity index (χ0) is 27.7. The Morgan fingerprint density at radius 2 is 1.42 bits per heavy atom. The van der Waals surface area contributed by atoms with Gasteiger partial charge in [0.2, 0.25) is 0 Å². The zero-order valence-corrected chi connectivity index (χ0v) is 22.3. The predicted molar refractivity (Wildman–Crippen MR) is 146 cm³/mol. The van der Waals surface area contributed by atoms with Crippen LogP contribution in [0, 0.1) is 0 Å². The van der Waals surface area contributed by atoms with E-state index in [0.717, 1.165) is 18.4 Å². The quantitative estimate of drug-likeness (QED) is 0.189. The molecule has 0 unspecified atom stereocenters. The van der Waals surface area contributed by atoms with Gasteiger partial charge in [0.05, 0.1) is 12.2 Å². The molecule has 200 valence electrons. The van der Waals surface area contributed by atoms with E-state index in [1.165, 1.54) is 0 Å². The van der Waals surface area contributed by atoms with Gasteiger partial charge in [0.1, 0.15) is 17.5 Å². The molecule has 0 saturated heterocycles. The van der Waals surface area contributed by atoms with Gasteiger partial charge in [-0.3, -0.25) is 4.79 Å². The number of amides is 1. The van der Waals surface area contributed by atoms with E-state index >= 15 is 0 Å². The largest absolute Gasteiger partial charge is 0.494 e. The number of aliphatic carboxylic acids is 1. The van der Waals surface area contributed by atoms with Crippen LogP contribution in [0.3, 0.4) is 0 Å². The molecule has 0 aromatic heterocycles. The Bertz CT molecular complexity index is 1230. The van der Waals surface area contributed by atoms with Gasteiger partial charge < -0.3 is 19.9 Å². The number of carbonyl (C=O) groups is 3. The molecule has 0 heterocycles. The fourth-order valence-electron chi connectivity index (χ4n) is 3.68. The van der Waals surface area contributed by atoms with Crippen molar-refractivity contribution < 1.29 is 29.0 Å². The van der Waals surface area contributed by atoms with E-state index < -0.39 is 23.9 Å². The van der Waals surface area contributed by atoms with E-state index in [2.05, 4.69) is 33.0 Å². The maximum atomic E-state index is 12.7. The molecular weight excluding hydrogens is 482 g/mol. The van der Waals surface area contributed by atoms with E-state index in [9.17, 15) is 19.5 Å². The number of carboxylic acids is 1. The molecular formula is C31H35NO6. The molecule has 0 saturated carbocycles. The van der Waals surface area contributed by atoms with E-state index in [-0.39, 0.29) is 11.8 Å². The topological polar surface area (TPSA) is 102 Å². The Morgan fingerprint density at radius 1 is 0.842 bits per heavy atom. The lowest BCUT2D eigenvalue weighted by Crippen LogP contribution is -2.42. The third-order valence-corrected chi connectivity index (χ3v) is 6.05. The second-order valence-corrected chi connectivity index (χ2v) is 10.2. The van der Waals surface area contributed by atoms with Crippen LogP contribution in [0.2, 0.25) is 0 Å². The number of benzene rings is 3. The summed E-state index contributed by atoms with van der Waals surface area (Å²) in [7, 11) is 0. The third kappa shape index (κ3) is 8.20. The second kappa shape index (κ2) is 12.9. The maximum Gasteiger partial charge on any atom is 0.343 e. The highest BCUT2D eigenvalue weighted by Crippen LogP contribution is 2.22. The predicted octanol–water partition coefficient (Wildman–Crippen LogP) is 5.81. The van der Waals surface area contributed by atoms with Crippen molar-refractivity contribution >= 4 is 17.8 Å². The monoisotopic (exact) mass is 517 g/mol. The summed E-state index contributed by atoms with van der Waals surface area (Å²) in [6, 6.07) is 19.3. The van der Waals surface area contributed by atoms with Crippen LogP contribution in [-0.4, -0.2) is 35.6 Å². The molecule has 0 aliphatic heterocycles. The zero-order valence-electron chi connectivity index (χ0n) is 22.3. The van der Waals surface area contributed by atoms with Gasteiger partial charge in [-0.2, -0.15) is 0 Å². The molecule has 7 heteroatoms. The third-order valence-electron chi connectivity index (χ3n) is 6.05. The first-order valence-corrected chi connectivity index (χ1v) is 12.7. The van der Waals surface area contributed by atoms with Crippen molar-refractivity contribution in [2.45, 2.75) is 58.4 Å². The number of carbonyl (C=O) groups excluding carboxylic acids is 2. The average Bonchev–Trinajstić information content (AvgIpc) is 2.89. The van der Waals surface area contributed by atoms with Gasteiger partial charge in [0, 0.05) is 12.0 Å². The van der Waals surface area contributed by atoms with Crippen LogP contribution in [0.1, 0.15) is 72.4 Å². The number of rotatable bonds is 11. The first-order chi connectivity index (χ1) is 18.1. The summed E-state index contributed by atoms with van der Waals surface area (Å²) in [6.07, 6.45) is 2.08. The van der Waals surface area contributed by atoms with Crippen molar-refractivity contribution in [2.75, 3.05) is 6.61 Å². The highest BCUT2D eigenvalue weighted by Gasteiger charge is 2.22. The van der Waals surface area contributed by atoms with Gasteiger partial charge in [-0.15, -0.1) is 0 Å². The molecule has 3 aromatic rings. The second-order valence-electron chi connectivity index (χ2n) is 10.2. The smallest absolute Gasteiger partial charge is 0.343 e. The molecule has 3 rings (SSSR count). The minimum atomic E-state index is -1.14. The molecule has 0 bridgehead atoms. The summed E-state index contributed by atoms with van der Waals surface area (Å²) in [5, 5.41) is 12.3. The van der Waals surface area contributed by atoms with Crippen molar-refractivity contribution in [2.24, 2.45) is 0 Å². The molecule has 0 aliphatic rings. The number of ether oxygens (including phenoxy) is 2. The van der Waals surface area contributed by atoms with Crippen LogP contribution in [0.15, 0.2) is 72.8 Å². The van der Waals surface area contributed by atoms with Crippen molar-refractivity contribution in [3.63, 3.8) is 0 Å². The first-order valence-electron chi connectivity index (χ1n) is 12.7. The molecule has 1 atom stereocenters. The SMILES string of the molecule is CCCCOc1ccc(C(=O)Oc2ccc(C[C@H](NC(=O)c3ccc(C(C)(C)C)cc3)C(=O)O)cc2)cc1. The number of nitrogens with one attached hydrogen (secondary N) is 1. The van der Waals surface area contributed by atoms with Crippen molar-refractivity contribution in [3.05, 3.63) is 95.1 Å². The van der Waals surface area contributed by atoms with Gasteiger partial charge in [0.25, 0.3) is 5.91 Å². The lowest BCUT2D eigenvalue weighted by atomic mass is 9.86. The Balaban J connectivity index is 1.57. The van der Waals surface area contributed by atoms with Gasteiger partial charge in [-0.1, -0.05) is 58.4 Å². The van der Waals surface area contributed by atoms with Crippen LogP contribution in [0.4, 0.5) is 0 Å². The summed E-state index contributed by atoms with van der Waals surface area (Å²) in [6.45, 7) is 8.96. The standard InChI is InChI=1S/C31H35NO6/c1-5-6-19-37-25-17-11-23(12-18-25)30(36)38-26-15-7-21(8-16-26)20-27(29(34)35)32-28(33)22-9-13-24(14-10-22)31(2,3)4/h7-18,27H,5-6,19-20H2,1-4H3,(H,32,33)(H,34,35)/t27-/m0/s1. The van der Waals surface area contributed by atoms with Crippen LogP contribution in [-0.2, 0) is 16.6 Å².